The van der Waals surface area contributed by atoms with Crippen molar-refractivity contribution in [3.63, 3.8) is 0 Å². The predicted molar refractivity (Wildman–Crippen MR) is 72.6 cm³/mol. The molecule has 20 heavy (non-hydrogen) atoms. The fraction of sp³-hybridized carbons (Fsp3) is 0.538. The second-order valence-electron chi connectivity index (χ2n) is 4.72. The van der Waals surface area contributed by atoms with Crippen molar-refractivity contribution in [3.8, 4) is 0 Å². The average molecular weight is 301 g/mol. The highest BCUT2D eigenvalue weighted by Gasteiger charge is 2.40. The van der Waals surface area contributed by atoms with Crippen LogP contribution in [0.3, 0.4) is 0 Å². The van der Waals surface area contributed by atoms with E-state index in [2.05, 4.69) is 4.74 Å². The molecular weight excluding hydrogens is 284 g/mol. The molecule has 110 valence electrons. The number of amides is 1. The standard InChI is InChI=1S/C13H17ClN2O4/c1-3-15-6-8(14)4-10(15)12(18)16-7-9(17)5-11(16)13(19)20-2/h4,6,9,11,17H,3,5,7H2,1-2H3. The lowest BCUT2D eigenvalue weighted by Crippen LogP contribution is -2.41. The van der Waals surface area contributed by atoms with Gasteiger partial charge in [0.25, 0.3) is 5.91 Å². The van der Waals surface area contributed by atoms with Crippen molar-refractivity contribution in [2.24, 2.45) is 0 Å². The van der Waals surface area contributed by atoms with Crippen LogP contribution in [0.5, 0.6) is 0 Å². The molecule has 1 aliphatic heterocycles. The fourth-order valence-corrected chi connectivity index (χ4v) is 2.68. The van der Waals surface area contributed by atoms with E-state index in [1.54, 1.807) is 16.8 Å². The number of likely N-dealkylation sites (tertiary alicyclic amines) is 1. The first kappa shape index (κ1) is 14.9. The summed E-state index contributed by atoms with van der Waals surface area (Å²) in [5.74, 6) is -0.846. The third-order valence-corrected chi connectivity index (χ3v) is 3.64. The number of hydrogen-bond donors (Lipinski definition) is 1. The Bertz CT molecular complexity index is 528. The van der Waals surface area contributed by atoms with Crippen molar-refractivity contribution in [1.29, 1.82) is 0 Å². The number of halogens is 1. The molecular formula is C13H17ClN2O4. The first-order valence-electron chi connectivity index (χ1n) is 6.40. The Hall–Kier alpha value is -1.53. The minimum Gasteiger partial charge on any atom is -0.467 e. The van der Waals surface area contributed by atoms with E-state index >= 15 is 0 Å². The number of aromatic nitrogens is 1. The van der Waals surface area contributed by atoms with Crippen LogP contribution in [-0.4, -0.2) is 52.3 Å². The molecule has 1 amide bonds. The van der Waals surface area contributed by atoms with Gasteiger partial charge in [-0.2, -0.15) is 0 Å². The molecule has 1 saturated heterocycles. The summed E-state index contributed by atoms with van der Waals surface area (Å²) in [6, 6.07) is 0.813. The first-order valence-corrected chi connectivity index (χ1v) is 6.78. The van der Waals surface area contributed by atoms with Gasteiger partial charge >= 0.3 is 5.97 Å². The number of hydrogen-bond acceptors (Lipinski definition) is 4. The van der Waals surface area contributed by atoms with Crippen molar-refractivity contribution in [2.75, 3.05) is 13.7 Å². The molecule has 1 N–H and O–H groups in total. The number of carbonyl (C=O) groups excluding carboxylic acids is 2. The van der Waals surface area contributed by atoms with Gasteiger partial charge in [0, 0.05) is 25.7 Å². The average Bonchev–Trinajstić information content (AvgIpc) is 3.00. The topological polar surface area (TPSA) is 71.8 Å². The molecule has 2 heterocycles. The van der Waals surface area contributed by atoms with E-state index in [4.69, 9.17) is 11.6 Å². The molecule has 2 rings (SSSR count). The van der Waals surface area contributed by atoms with Crippen molar-refractivity contribution in [2.45, 2.75) is 32.0 Å². The number of carbonyl (C=O) groups is 2. The van der Waals surface area contributed by atoms with Crippen molar-refractivity contribution in [1.82, 2.24) is 9.47 Å². The Morgan fingerprint density at radius 1 is 1.55 bits per heavy atom. The van der Waals surface area contributed by atoms with Gasteiger partial charge in [-0.15, -0.1) is 0 Å². The zero-order valence-corrected chi connectivity index (χ0v) is 12.1. The molecule has 2 atom stereocenters. The summed E-state index contributed by atoms with van der Waals surface area (Å²) in [7, 11) is 1.27. The summed E-state index contributed by atoms with van der Waals surface area (Å²) >= 11 is 5.92. The zero-order valence-electron chi connectivity index (χ0n) is 11.4. The summed E-state index contributed by atoms with van der Waals surface area (Å²) in [6.45, 7) is 2.60. The summed E-state index contributed by atoms with van der Waals surface area (Å²) in [4.78, 5) is 25.6. The van der Waals surface area contributed by atoms with Crippen molar-refractivity contribution in [3.05, 3.63) is 23.0 Å². The quantitative estimate of drug-likeness (QED) is 0.842. The van der Waals surface area contributed by atoms with Crippen LogP contribution in [0.25, 0.3) is 0 Å². The number of aliphatic hydroxyl groups is 1. The molecule has 1 aromatic rings. The van der Waals surface area contributed by atoms with E-state index in [1.165, 1.54) is 12.0 Å². The number of aryl methyl sites for hydroxylation is 1. The largest absolute Gasteiger partial charge is 0.467 e. The van der Waals surface area contributed by atoms with Gasteiger partial charge in [-0.25, -0.2) is 4.79 Å². The normalized spacial score (nSPS) is 22.1. The molecule has 1 aliphatic rings. The van der Waals surface area contributed by atoms with E-state index in [9.17, 15) is 14.7 Å². The lowest BCUT2D eigenvalue weighted by atomic mass is 10.2. The minimum atomic E-state index is -0.749. The summed E-state index contributed by atoms with van der Waals surface area (Å²) in [5, 5.41) is 10.2. The lowest BCUT2D eigenvalue weighted by Gasteiger charge is -2.22. The van der Waals surface area contributed by atoms with Gasteiger partial charge in [0.1, 0.15) is 11.7 Å². The van der Waals surface area contributed by atoms with Gasteiger partial charge in [-0.3, -0.25) is 4.79 Å². The fourth-order valence-electron chi connectivity index (χ4n) is 2.46. The number of β-amino-alcohol motifs (C(OH)–C–C–N with tert-alkyl or cyclic N) is 1. The minimum absolute atomic E-state index is 0.116. The highest BCUT2D eigenvalue weighted by molar-refractivity contribution is 6.31. The molecule has 0 aliphatic carbocycles. The number of rotatable bonds is 3. The molecule has 1 aromatic heterocycles. The zero-order chi connectivity index (χ0) is 14.9. The molecule has 1 fully saturated rings. The van der Waals surface area contributed by atoms with Crippen LogP contribution in [0.15, 0.2) is 12.3 Å². The highest BCUT2D eigenvalue weighted by Crippen LogP contribution is 2.23. The molecule has 6 nitrogen and oxygen atoms in total. The number of esters is 1. The van der Waals surface area contributed by atoms with Gasteiger partial charge in [0.05, 0.1) is 18.2 Å². The van der Waals surface area contributed by atoms with E-state index < -0.39 is 18.1 Å². The molecule has 2 unspecified atom stereocenters. The third kappa shape index (κ3) is 2.66. The molecule has 0 saturated carbocycles. The Kier molecular flexibility index (Phi) is 4.35. The van der Waals surface area contributed by atoms with Crippen LogP contribution in [0.2, 0.25) is 5.02 Å². The number of ether oxygens (including phenoxy) is 1. The number of aliphatic hydroxyl groups excluding tert-OH is 1. The van der Waals surface area contributed by atoms with E-state index in [0.717, 1.165) is 0 Å². The molecule has 0 bridgehead atoms. The van der Waals surface area contributed by atoms with Crippen molar-refractivity contribution >= 4 is 23.5 Å². The monoisotopic (exact) mass is 300 g/mol. The molecule has 0 radical (unpaired) electrons. The van der Waals surface area contributed by atoms with Gasteiger partial charge in [-0.05, 0) is 13.0 Å². The van der Waals surface area contributed by atoms with Gasteiger partial charge < -0.3 is 19.3 Å². The van der Waals surface area contributed by atoms with E-state index in [0.29, 0.717) is 17.3 Å². The Morgan fingerprint density at radius 2 is 2.25 bits per heavy atom. The lowest BCUT2D eigenvalue weighted by molar-refractivity contribution is -0.145. The van der Waals surface area contributed by atoms with Crippen LogP contribution in [0, 0.1) is 0 Å². The van der Waals surface area contributed by atoms with Crippen molar-refractivity contribution < 1.29 is 19.4 Å². The smallest absolute Gasteiger partial charge is 0.328 e. The van der Waals surface area contributed by atoms with Crippen LogP contribution in [0.4, 0.5) is 0 Å². The second kappa shape index (κ2) is 5.85. The van der Waals surface area contributed by atoms with Crippen LogP contribution < -0.4 is 0 Å². The maximum atomic E-state index is 12.5. The van der Waals surface area contributed by atoms with E-state index in [-0.39, 0.29) is 18.9 Å². The SMILES string of the molecule is CCn1cc(Cl)cc1C(=O)N1CC(O)CC1C(=O)OC. The second-order valence-corrected chi connectivity index (χ2v) is 5.15. The van der Waals surface area contributed by atoms with Crippen LogP contribution in [0.1, 0.15) is 23.8 Å². The Balaban J connectivity index is 2.28. The Labute approximate surface area is 121 Å². The maximum Gasteiger partial charge on any atom is 0.328 e. The van der Waals surface area contributed by atoms with E-state index in [1.807, 2.05) is 6.92 Å². The van der Waals surface area contributed by atoms with Crippen LogP contribution in [-0.2, 0) is 16.1 Å². The predicted octanol–water partition coefficient (Wildman–Crippen LogP) is 0.910. The highest BCUT2D eigenvalue weighted by atomic mass is 35.5. The number of methoxy groups -OCH3 is 1. The van der Waals surface area contributed by atoms with Gasteiger partial charge in [-0.1, -0.05) is 11.6 Å². The van der Waals surface area contributed by atoms with Gasteiger partial charge in [0.2, 0.25) is 0 Å². The summed E-state index contributed by atoms with van der Waals surface area (Å²) < 4.78 is 6.40. The maximum absolute atomic E-state index is 12.5. The third-order valence-electron chi connectivity index (χ3n) is 3.44. The summed E-state index contributed by atoms with van der Waals surface area (Å²) in [5.41, 5.74) is 0.403. The summed E-state index contributed by atoms with van der Waals surface area (Å²) in [6.07, 6.45) is 1.14. The first-order chi connectivity index (χ1) is 9.47. The Morgan fingerprint density at radius 3 is 2.85 bits per heavy atom. The molecule has 7 heteroatoms. The molecule has 0 aromatic carbocycles. The molecule has 0 spiro atoms. The number of nitrogens with zero attached hydrogens (tertiary/aromatic N) is 2. The van der Waals surface area contributed by atoms with Crippen LogP contribution >= 0.6 is 11.6 Å². The van der Waals surface area contributed by atoms with Gasteiger partial charge in [0.15, 0.2) is 0 Å².